The molecule has 2 atom stereocenters. The summed E-state index contributed by atoms with van der Waals surface area (Å²) < 4.78 is 33.4. The Bertz CT molecular complexity index is 1080. The summed E-state index contributed by atoms with van der Waals surface area (Å²) in [5.74, 6) is -0.949. The Hall–Kier alpha value is -2.10. The lowest BCUT2D eigenvalue weighted by molar-refractivity contribution is -0.121. The molecule has 27 heavy (non-hydrogen) atoms. The van der Waals surface area contributed by atoms with Crippen LogP contribution in [0.1, 0.15) is 11.1 Å². The number of carbonyl (C=O) groups is 1. The van der Waals surface area contributed by atoms with E-state index in [1.165, 1.54) is 13.2 Å². The van der Waals surface area contributed by atoms with E-state index < -0.39 is 39.3 Å². The number of methoxy groups -OCH3 is 1. The highest BCUT2D eigenvalue weighted by Gasteiger charge is 2.37. The maximum Gasteiger partial charge on any atom is 0.340 e. The van der Waals surface area contributed by atoms with Crippen LogP contribution >= 0.6 is 11.6 Å². The van der Waals surface area contributed by atoms with Gasteiger partial charge < -0.3 is 19.6 Å². The van der Waals surface area contributed by atoms with E-state index in [1.54, 1.807) is 13.0 Å². The number of benzene rings is 1. The summed E-state index contributed by atoms with van der Waals surface area (Å²) in [6.07, 6.45) is -1.48. The summed E-state index contributed by atoms with van der Waals surface area (Å²) in [7, 11) is -1.95. The van der Waals surface area contributed by atoms with Crippen LogP contribution in [0.15, 0.2) is 21.3 Å². The van der Waals surface area contributed by atoms with Gasteiger partial charge in [-0.05, 0) is 18.6 Å². The smallest absolute Gasteiger partial charge is 0.340 e. The zero-order chi connectivity index (χ0) is 19.9. The van der Waals surface area contributed by atoms with Crippen molar-refractivity contribution < 1.29 is 27.5 Å². The normalized spacial score (nSPS) is 21.3. The zero-order valence-corrected chi connectivity index (χ0v) is 16.2. The lowest BCUT2D eigenvalue weighted by Gasteiger charge is -2.15. The molecule has 1 aliphatic rings. The second-order valence-corrected chi connectivity index (χ2v) is 9.03. The van der Waals surface area contributed by atoms with Crippen molar-refractivity contribution in [2.75, 3.05) is 18.6 Å². The highest BCUT2D eigenvalue weighted by Crippen LogP contribution is 2.31. The number of halogens is 1. The summed E-state index contributed by atoms with van der Waals surface area (Å²) >= 11 is 6.12. The molecule has 1 amide bonds. The Morgan fingerprint density at radius 1 is 1.41 bits per heavy atom. The Labute approximate surface area is 160 Å². The first-order valence-electron chi connectivity index (χ1n) is 8.09. The summed E-state index contributed by atoms with van der Waals surface area (Å²) in [5.41, 5.74) is 0.261. The van der Waals surface area contributed by atoms with Gasteiger partial charge in [-0.1, -0.05) is 11.6 Å². The third-order valence-electron chi connectivity index (χ3n) is 4.57. The van der Waals surface area contributed by atoms with Crippen molar-refractivity contribution in [1.82, 2.24) is 5.32 Å². The quantitative estimate of drug-likeness (QED) is 0.700. The van der Waals surface area contributed by atoms with Gasteiger partial charge in [-0.15, -0.1) is 0 Å². The maximum absolute atomic E-state index is 12.3. The van der Waals surface area contributed by atoms with Gasteiger partial charge in [-0.2, -0.15) is 0 Å². The molecule has 0 spiro atoms. The second-order valence-electron chi connectivity index (χ2n) is 6.47. The first-order valence-corrected chi connectivity index (χ1v) is 10.3. The van der Waals surface area contributed by atoms with Crippen LogP contribution in [-0.2, 0) is 21.1 Å². The maximum atomic E-state index is 12.3. The van der Waals surface area contributed by atoms with Crippen molar-refractivity contribution in [2.24, 2.45) is 0 Å². The van der Waals surface area contributed by atoms with Crippen molar-refractivity contribution in [2.45, 2.75) is 25.5 Å². The number of ether oxygens (including phenoxy) is 1. The van der Waals surface area contributed by atoms with E-state index in [1.807, 2.05) is 0 Å². The van der Waals surface area contributed by atoms with Crippen LogP contribution in [0.2, 0.25) is 5.02 Å². The number of fused-ring (bicyclic) bond motifs is 1. The van der Waals surface area contributed by atoms with Gasteiger partial charge in [-0.25, -0.2) is 13.2 Å². The highest BCUT2D eigenvalue weighted by atomic mass is 35.5. The number of carbonyl (C=O) groups excluding carboxylic acids is 1. The molecule has 10 heteroatoms. The monoisotopic (exact) mass is 415 g/mol. The number of sulfone groups is 1. The lowest BCUT2D eigenvalue weighted by Crippen LogP contribution is -2.43. The van der Waals surface area contributed by atoms with E-state index in [9.17, 15) is 23.1 Å². The predicted octanol–water partition coefficient (Wildman–Crippen LogP) is 0.580. The van der Waals surface area contributed by atoms with Gasteiger partial charge in [0.05, 0.1) is 47.8 Å². The molecule has 1 saturated heterocycles. The van der Waals surface area contributed by atoms with Gasteiger partial charge in [-0.3, -0.25) is 4.79 Å². The third kappa shape index (κ3) is 3.95. The largest absolute Gasteiger partial charge is 0.495 e. The molecule has 0 radical (unpaired) electrons. The van der Waals surface area contributed by atoms with Gasteiger partial charge in [0.1, 0.15) is 11.3 Å². The number of aliphatic hydroxyl groups is 1. The molecule has 1 aromatic carbocycles. The second kappa shape index (κ2) is 7.14. The Kier molecular flexibility index (Phi) is 5.20. The number of rotatable bonds is 4. The molecule has 0 unspecified atom stereocenters. The fourth-order valence-electron chi connectivity index (χ4n) is 3.14. The summed E-state index contributed by atoms with van der Waals surface area (Å²) in [5, 5.41) is 13.1. The molecule has 1 aromatic heterocycles. The van der Waals surface area contributed by atoms with E-state index in [4.69, 9.17) is 20.8 Å². The number of amides is 1. The third-order valence-corrected chi connectivity index (χ3v) is 6.58. The van der Waals surface area contributed by atoms with E-state index in [2.05, 4.69) is 5.32 Å². The van der Waals surface area contributed by atoms with Crippen molar-refractivity contribution >= 4 is 38.3 Å². The van der Waals surface area contributed by atoms with Crippen LogP contribution in [0.3, 0.4) is 0 Å². The Balaban J connectivity index is 1.88. The fraction of sp³-hybridized carbons (Fsp3) is 0.412. The van der Waals surface area contributed by atoms with E-state index in [-0.39, 0.29) is 23.3 Å². The highest BCUT2D eigenvalue weighted by molar-refractivity contribution is 7.91. The van der Waals surface area contributed by atoms with Crippen molar-refractivity contribution in [3.8, 4) is 5.75 Å². The topological polar surface area (TPSA) is 123 Å². The Morgan fingerprint density at radius 3 is 2.70 bits per heavy atom. The average Bonchev–Trinajstić information content (AvgIpc) is 2.83. The molecular weight excluding hydrogens is 398 g/mol. The molecule has 0 saturated carbocycles. The predicted molar refractivity (Wildman–Crippen MR) is 99.1 cm³/mol. The summed E-state index contributed by atoms with van der Waals surface area (Å²) in [6.45, 7) is 1.67. The first kappa shape index (κ1) is 19.7. The van der Waals surface area contributed by atoms with Gasteiger partial charge in [0, 0.05) is 11.5 Å². The van der Waals surface area contributed by atoms with E-state index >= 15 is 0 Å². The van der Waals surface area contributed by atoms with Gasteiger partial charge in [0.15, 0.2) is 9.84 Å². The Morgan fingerprint density at radius 2 is 2.11 bits per heavy atom. The van der Waals surface area contributed by atoms with Crippen LogP contribution < -0.4 is 15.7 Å². The molecule has 8 nitrogen and oxygen atoms in total. The number of aryl methyl sites for hydroxylation is 1. The molecule has 2 aromatic rings. The lowest BCUT2D eigenvalue weighted by atomic mass is 10.0. The minimum atomic E-state index is -3.39. The number of hydrogen-bond acceptors (Lipinski definition) is 7. The fourth-order valence-corrected chi connectivity index (χ4v) is 5.12. The summed E-state index contributed by atoms with van der Waals surface area (Å²) in [4.78, 5) is 24.6. The number of hydrogen-bond donors (Lipinski definition) is 2. The van der Waals surface area contributed by atoms with Crippen molar-refractivity contribution in [3.05, 3.63) is 38.7 Å². The van der Waals surface area contributed by atoms with Gasteiger partial charge in [0.25, 0.3) is 0 Å². The van der Waals surface area contributed by atoms with E-state index in [0.29, 0.717) is 21.7 Å². The molecule has 1 aliphatic heterocycles. The van der Waals surface area contributed by atoms with Crippen molar-refractivity contribution in [1.29, 1.82) is 0 Å². The van der Waals surface area contributed by atoms with E-state index in [0.717, 1.165) is 0 Å². The molecule has 3 rings (SSSR count). The minimum Gasteiger partial charge on any atom is -0.495 e. The van der Waals surface area contributed by atoms with Gasteiger partial charge >= 0.3 is 5.63 Å². The molecule has 0 aliphatic carbocycles. The first-order chi connectivity index (χ1) is 12.6. The SMILES string of the molecule is COc1cc2oc(=O)c(CC(=O)N[C@H]3CS(=O)(=O)C[C@@H]3O)c(C)c2cc1Cl. The van der Waals surface area contributed by atoms with Crippen LogP contribution in [0, 0.1) is 6.92 Å². The van der Waals surface area contributed by atoms with Crippen LogP contribution in [0.5, 0.6) is 5.75 Å². The number of nitrogens with one attached hydrogen (secondary N) is 1. The molecule has 146 valence electrons. The molecule has 1 fully saturated rings. The van der Waals surface area contributed by atoms with Crippen molar-refractivity contribution in [3.63, 3.8) is 0 Å². The van der Waals surface area contributed by atoms with Crippen LogP contribution in [0.25, 0.3) is 11.0 Å². The number of aliphatic hydroxyl groups excluding tert-OH is 1. The van der Waals surface area contributed by atoms with Gasteiger partial charge in [0.2, 0.25) is 5.91 Å². The van der Waals surface area contributed by atoms with Crippen LogP contribution in [-0.4, -0.2) is 50.2 Å². The zero-order valence-electron chi connectivity index (χ0n) is 14.6. The minimum absolute atomic E-state index is 0.136. The molecular formula is C17H18ClNO7S. The average molecular weight is 416 g/mol. The van der Waals surface area contributed by atoms with Crippen LogP contribution in [0.4, 0.5) is 0 Å². The molecule has 2 heterocycles. The molecule has 0 bridgehead atoms. The summed E-state index contributed by atoms with van der Waals surface area (Å²) in [6, 6.07) is 2.19. The standard InChI is InChI=1S/C17H18ClNO7S/c1-8-9-3-11(18)15(25-2)5-14(9)26-17(22)10(8)4-16(21)19-12-6-27(23,24)7-13(12)20/h3,5,12-13,20H,4,6-7H2,1-2H3,(H,19,21)/t12-,13-/m0/s1. The molecule has 2 N–H and O–H groups in total.